The van der Waals surface area contributed by atoms with Crippen LogP contribution in [-0.4, -0.2) is 76.3 Å². The summed E-state index contributed by atoms with van der Waals surface area (Å²) in [6, 6.07) is -0.426. The molecule has 6 nitrogen and oxygen atoms in total. The van der Waals surface area contributed by atoms with Crippen molar-refractivity contribution in [1.29, 1.82) is 0 Å². The van der Waals surface area contributed by atoms with Gasteiger partial charge in [-0.2, -0.15) is 11.8 Å². The number of urea groups is 1. The molecule has 2 aliphatic heterocycles. The van der Waals surface area contributed by atoms with Crippen molar-refractivity contribution in [2.75, 3.05) is 38.6 Å². The van der Waals surface area contributed by atoms with Crippen molar-refractivity contribution in [1.82, 2.24) is 9.80 Å². The summed E-state index contributed by atoms with van der Waals surface area (Å²) in [5, 5.41) is 9.27. The van der Waals surface area contributed by atoms with E-state index in [1.54, 1.807) is 4.90 Å². The van der Waals surface area contributed by atoms with Crippen molar-refractivity contribution in [2.45, 2.75) is 31.6 Å². The molecule has 1 N–H and O–H groups in total. The second-order valence-electron chi connectivity index (χ2n) is 6.15. The summed E-state index contributed by atoms with van der Waals surface area (Å²) < 4.78 is 5.34. The van der Waals surface area contributed by atoms with Crippen LogP contribution in [0.3, 0.4) is 0 Å². The van der Waals surface area contributed by atoms with Crippen LogP contribution in [0.25, 0.3) is 0 Å². The molecule has 0 aromatic carbocycles. The van der Waals surface area contributed by atoms with E-state index in [0.29, 0.717) is 19.7 Å². The Hall–Kier alpha value is -0.950. The lowest BCUT2D eigenvalue weighted by atomic mass is 10.0. The van der Waals surface area contributed by atoms with E-state index >= 15 is 0 Å². The number of aliphatic carboxylic acids is 1. The van der Waals surface area contributed by atoms with Crippen LogP contribution < -0.4 is 0 Å². The Labute approximate surface area is 129 Å². The molecule has 2 saturated heterocycles. The maximum atomic E-state index is 12.8. The molecular formula is C14H24N2O4S. The van der Waals surface area contributed by atoms with Crippen LogP contribution >= 0.6 is 11.8 Å². The maximum absolute atomic E-state index is 12.8. The smallest absolute Gasteiger partial charge is 0.320 e. The summed E-state index contributed by atoms with van der Waals surface area (Å²) in [5.41, 5.74) is 0. The van der Waals surface area contributed by atoms with E-state index < -0.39 is 11.9 Å². The van der Waals surface area contributed by atoms with Crippen LogP contribution in [-0.2, 0) is 9.53 Å². The molecule has 7 heteroatoms. The van der Waals surface area contributed by atoms with Gasteiger partial charge < -0.3 is 19.6 Å². The van der Waals surface area contributed by atoms with Gasteiger partial charge in [0.25, 0.3) is 0 Å². The molecule has 2 atom stereocenters. The zero-order valence-electron chi connectivity index (χ0n) is 12.9. The third kappa shape index (κ3) is 3.63. The molecule has 120 valence electrons. The van der Waals surface area contributed by atoms with E-state index in [2.05, 4.69) is 13.8 Å². The minimum atomic E-state index is -0.890. The largest absolute Gasteiger partial charge is 0.481 e. The van der Waals surface area contributed by atoms with Crippen molar-refractivity contribution < 1.29 is 19.4 Å². The first-order valence-corrected chi connectivity index (χ1v) is 8.34. The van der Waals surface area contributed by atoms with Gasteiger partial charge in [-0.05, 0) is 20.8 Å². The Morgan fingerprint density at radius 2 is 2.14 bits per heavy atom. The summed E-state index contributed by atoms with van der Waals surface area (Å²) in [5.74, 6) is -0.598. The predicted molar refractivity (Wildman–Crippen MR) is 81.6 cm³/mol. The van der Waals surface area contributed by atoms with E-state index in [9.17, 15) is 14.7 Å². The fourth-order valence-electron chi connectivity index (χ4n) is 2.96. The van der Waals surface area contributed by atoms with E-state index in [4.69, 9.17) is 4.74 Å². The van der Waals surface area contributed by atoms with Gasteiger partial charge in [-0.1, -0.05) is 0 Å². The average Bonchev–Trinajstić information content (AvgIpc) is 2.87. The van der Waals surface area contributed by atoms with Crippen molar-refractivity contribution in [3.63, 3.8) is 0 Å². The predicted octanol–water partition coefficient (Wildman–Crippen LogP) is 1.36. The lowest BCUT2D eigenvalue weighted by Gasteiger charge is -2.41. The first kappa shape index (κ1) is 16.4. The number of carboxylic acid groups (broad SMARTS) is 1. The first-order valence-electron chi connectivity index (χ1n) is 7.36. The van der Waals surface area contributed by atoms with Crippen LogP contribution in [0.1, 0.15) is 20.8 Å². The number of carbonyl (C=O) groups excluding carboxylic acids is 1. The molecule has 2 heterocycles. The van der Waals surface area contributed by atoms with Crippen molar-refractivity contribution in [3.05, 3.63) is 0 Å². The van der Waals surface area contributed by atoms with Gasteiger partial charge in [0.05, 0.1) is 19.3 Å². The highest BCUT2D eigenvalue weighted by atomic mass is 32.2. The van der Waals surface area contributed by atoms with E-state index in [1.165, 1.54) is 0 Å². The van der Waals surface area contributed by atoms with Crippen molar-refractivity contribution in [2.24, 2.45) is 5.92 Å². The number of amides is 2. The summed E-state index contributed by atoms with van der Waals surface area (Å²) in [6.45, 7) is 8.55. The molecule has 2 unspecified atom stereocenters. The second-order valence-corrected chi connectivity index (χ2v) is 7.95. The van der Waals surface area contributed by atoms with Crippen LogP contribution in [0.15, 0.2) is 0 Å². The SMILES string of the molecule is CCN(C(=O)N1CCSC(C)(C)C1)C1COCC1C(=O)O. The minimum absolute atomic E-state index is 0.0473. The van der Waals surface area contributed by atoms with Gasteiger partial charge in [-0.15, -0.1) is 0 Å². The number of likely N-dealkylation sites (N-methyl/N-ethyl adjacent to an activating group) is 1. The van der Waals surface area contributed by atoms with Gasteiger partial charge in [0.15, 0.2) is 0 Å². The molecule has 21 heavy (non-hydrogen) atoms. The standard InChI is InChI=1S/C14H24N2O4S/c1-4-16(11-8-20-7-10(11)12(17)18)13(19)15-5-6-21-14(2,3)9-15/h10-11H,4-9H2,1-3H3,(H,17,18). The molecule has 0 saturated carbocycles. The molecular weight excluding hydrogens is 292 g/mol. The molecule has 0 bridgehead atoms. The van der Waals surface area contributed by atoms with Gasteiger partial charge >= 0.3 is 12.0 Å². The second kappa shape index (κ2) is 6.44. The first-order chi connectivity index (χ1) is 9.85. The van der Waals surface area contributed by atoms with Crippen molar-refractivity contribution in [3.8, 4) is 0 Å². The lowest BCUT2D eigenvalue weighted by Crippen LogP contribution is -2.55. The Morgan fingerprint density at radius 1 is 1.43 bits per heavy atom. The molecule has 0 aromatic rings. The van der Waals surface area contributed by atoms with Gasteiger partial charge in [0.2, 0.25) is 0 Å². The molecule has 0 aromatic heterocycles. The van der Waals surface area contributed by atoms with Crippen LogP contribution in [0, 0.1) is 5.92 Å². The number of hydrogen-bond donors (Lipinski definition) is 1. The quantitative estimate of drug-likeness (QED) is 0.851. The van der Waals surface area contributed by atoms with Gasteiger partial charge in [0.1, 0.15) is 5.92 Å². The highest BCUT2D eigenvalue weighted by Crippen LogP contribution is 2.31. The number of hydrogen-bond acceptors (Lipinski definition) is 4. The van der Waals surface area contributed by atoms with Crippen LogP contribution in [0.4, 0.5) is 4.79 Å². The molecule has 2 rings (SSSR count). The monoisotopic (exact) mass is 316 g/mol. The molecule has 0 spiro atoms. The Balaban J connectivity index is 2.09. The topological polar surface area (TPSA) is 70.1 Å². The van der Waals surface area contributed by atoms with Gasteiger partial charge in [-0.25, -0.2) is 4.79 Å². The van der Waals surface area contributed by atoms with Crippen LogP contribution in [0.2, 0.25) is 0 Å². The molecule has 2 fully saturated rings. The maximum Gasteiger partial charge on any atom is 0.320 e. The minimum Gasteiger partial charge on any atom is -0.481 e. The third-order valence-corrected chi connectivity index (χ3v) is 5.35. The van der Waals surface area contributed by atoms with E-state index in [0.717, 1.165) is 12.3 Å². The number of carbonyl (C=O) groups is 2. The number of ether oxygens (including phenoxy) is 1. The molecule has 0 aliphatic carbocycles. The number of nitrogens with zero attached hydrogens (tertiary/aromatic N) is 2. The molecule has 2 amide bonds. The lowest BCUT2D eigenvalue weighted by molar-refractivity contribution is -0.142. The highest BCUT2D eigenvalue weighted by molar-refractivity contribution is 8.00. The normalized spacial score (nSPS) is 28.4. The van der Waals surface area contributed by atoms with Crippen molar-refractivity contribution >= 4 is 23.8 Å². The van der Waals surface area contributed by atoms with Gasteiger partial charge in [0, 0.05) is 30.1 Å². The molecule has 2 aliphatic rings. The Bertz CT molecular complexity index is 416. The van der Waals surface area contributed by atoms with Gasteiger partial charge in [-0.3, -0.25) is 4.79 Å². The highest BCUT2D eigenvalue weighted by Gasteiger charge is 2.41. The fourth-order valence-corrected chi connectivity index (χ4v) is 4.07. The third-order valence-electron chi connectivity index (χ3n) is 4.05. The summed E-state index contributed by atoms with van der Waals surface area (Å²) in [6.07, 6.45) is 0. The molecule has 0 radical (unpaired) electrons. The summed E-state index contributed by atoms with van der Waals surface area (Å²) in [4.78, 5) is 27.6. The average molecular weight is 316 g/mol. The zero-order valence-corrected chi connectivity index (χ0v) is 13.7. The summed E-state index contributed by atoms with van der Waals surface area (Å²) in [7, 11) is 0. The Kier molecular flexibility index (Phi) is 5.03. The number of thioether (sulfide) groups is 1. The van der Waals surface area contributed by atoms with E-state index in [1.807, 2.05) is 23.6 Å². The number of carboxylic acids is 1. The van der Waals surface area contributed by atoms with E-state index in [-0.39, 0.29) is 23.4 Å². The van der Waals surface area contributed by atoms with Crippen LogP contribution in [0.5, 0.6) is 0 Å². The number of rotatable bonds is 3. The fraction of sp³-hybridized carbons (Fsp3) is 0.857. The zero-order chi connectivity index (χ0) is 15.6. The Morgan fingerprint density at radius 3 is 2.71 bits per heavy atom. The summed E-state index contributed by atoms with van der Waals surface area (Å²) >= 11 is 1.87.